The van der Waals surface area contributed by atoms with Gasteiger partial charge in [-0.05, 0) is 37.1 Å². The molecule has 0 aliphatic heterocycles. The standard InChI is InChI=1S/C14H21ClN4O/c1-3-6-16-12(11-5-8-20-14(11)15)9-13-17-10-18-19(13)7-4-2/h5,8,10,12,16H,3-4,6-7,9H2,1-2H3. The third kappa shape index (κ3) is 3.61. The second kappa shape index (κ2) is 7.45. The van der Waals surface area contributed by atoms with Crippen LogP contribution < -0.4 is 5.32 Å². The molecule has 1 unspecified atom stereocenters. The van der Waals surface area contributed by atoms with Gasteiger partial charge in [0.05, 0.1) is 6.26 Å². The zero-order chi connectivity index (χ0) is 14.4. The van der Waals surface area contributed by atoms with Crippen LogP contribution in [0.5, 0.6) is 0 Å². The molecule has 0 saturated carbocycles. The molecule has 0 amide bonds. The van der Waals surface area contributed by atoms with Crippen LogP contribution in [0.25, 0.3) is 0 Å². The van der Waals surface area contributed by atoms with Crippen LogP contribution in [0.4, 0.5) is 0 Å². The maximum Gasteiger partial charge on any atom is 0.197 e. The summed E-state index contributed by atoms with van der Waals surface area (Å²) in [4.78, 5) is 4.36. The zero-order valence-corrected chi connectivity index (χ0v) is 12.7. The molecule has 0 radical (unpaired) electrons. The van der Waals surface area contributed by atoms with Gasteiger partial charge in [0.25, 0.3) is 0 Å². The van der Waals surface area contributed by atoms with Crippen molar-refractivity contribution in [1.82, 2.24) is 20.1 Å². The molecular formula is C14H21ClN4O. The van der Waals surface area contributed by atoms with E-state index in [2.05, 4.69) is 29.2 Å². The minimum atomic E-state index is 0.0982. The van der Waals surface area contributed by atoms with Crippen molar-refractivity contribution in [3.63, 3.8) is 0 Å². The van der Waals surface area contributed by atoms with Crippen LogP contribution in [0, 0.1) is 0 Å². The van der Waals surface area contributed by atoms with Crippen LogP contribution in [0.2, 0.25) is 5.22 Å². The molecule has 0 bridgehead atoms. The lowest BCUT2D eigenvalue weighted by Crippen LogP contribution is -2.25. The highest BCUT2D eigenvalue weighted by atomic mass is 35.5. The highest BCUT2D eigenvalue weighted by Gasteiger charge is 2.19. The molecule has 0 aliphatic rings. The molecule has 2 rings (SSSR count). The van der Waals surface area contributed by atoms with Gasteiger partial charge in [0.2, 0.25) is 0 Å². The topological polar surface area (TPSA) is 55.9 Å². The lowest BCUT2D eigenvalue weighted by Gasteiger charge is -2.17. The molecule has 0 aliphatic carbocycles. The summed E-state index contributed by atoms with van der Waals surface area (Å²) >= 11 is 6.11. The van der Waals surface area contributed by atoms with Crippen molar-refractivity contribution in [2.75, 3.05) is 6.54 Å². The van der Waals surface area contributed by atoms with Gasteiger partial charge in [-0.1, -0.05) is 13.8 Å². The first-order chi connectivity index (χ1) is 9.76. The van der Waals surface area contributed by atoms with Crippen LogP contribution >= 0.6 is 11.6 Å². The summed E-state index contributed by atoms with van der Waals surface area (Å²) in [5.41, 5.74) is 0.978. The van der Waals surface area contributed by atoms with Crippen molar-refractivity contribution in [3.05, 3.63) is 35.3 Å². The van der Waals surface area contributed by atoms with E-state index in [1.54, 1.807) is 12.6 Å². The number of hydrogen-bond acceptors (Lipinski definition) is 4. The van der Waals surface area contributed by atoms with Gasteiger partial charge in [0, 0.05) is 24.6 Å². The van der Waals surface area contributed by atoms with E-state index in [4.69, 9.17) is 16.0 Å². The molecule has 6 heteroatoms. The van der Waals surface area contributed by atoms with Gasteiger partial charge in [-0.2, -0.15) is 5.10 Å². The Morgan fingerprint density at radius 3 is 2.90 bits per heavy atom. The quantitative estimate of drug-likeness (QED) is 0.812. The van der Waals surface area contributed by atoms with Crippen LogP contribution in [0.1, 0.15) is 44.1 Å². The number of nitrogens with one attached hydrogen (secondary N) is 1. The monoisotopic (exact) mass is 296 g/mol. The maximum absolute atomic E-state index is 6.11. The lowest BCUT2D eigenvalue weighted by atomic mass is 10.1. The van der Waals surface area contributed by atoms with Crippen LogP contribution in [-0.4, -0.2) is 21.3 Å². The molecule has 0 aromatic carbocycles. The first-order valence-electron chi connectivity index (χ1n) is 7.09. The molecule has 1 N–H and O–H groups in total. The van der Waals surface area contributed by atoms with E-state index in [0.717, 1.165) is 43.7 Å². The summed E-state index contributed by atoms with van der Waals surface area (Å²) in [5, 5.41) is 8.20. The zero-order valence-electron chi connectivity index (χ0n) is 12.0. The van der Waals surface area contributed by atoms with Crippen LogP contribution in [-0.2, 0) is 13.0 Å². The van der Waals surface area contributed by atoms with E-state index in [0.29, 0.717) is 5.22 Å². The fourth-order valence-corrected chi connectivity index (χ4v) is 2.44. The molecule has 2 aromatic heterocycles. The Morgan fingerprint density at radius 1 is 1.40 bits per heavy atom. The van der Waals surface area contributed by atoms with Gasteiger partial charge >= 0.3 is 0 Å². The largest absolute Gasteiger partial charge is 0.453 e. The fourth-order valence-electron chi connectivity index (χ4n) is 2.19. The number of furan rings is 1. The summed E-state index contributed by atoms with van der Waals surface area (Å²) in [6, 6.07) is 2.01. The minimum absolute atomic E-state index is 0.0982. The molecule has 0 spiro atoms. The third-order valence-corrected chi connectivity index (χ3v) is 3.49. The van der Waals surface area contributed by atoms with Gasteiger partial charge < -0.3 is 9.73 Å². The number of hydrogen-bond donors (Lipinski definition) is 1. The van der Waals surface area contributed by atoms with Crippen molar-refractivity contribution in [2.24, 2.45) is 0 Å². The van der Waals surface area contributed by atoms with E-state index in [1.807, 2.05) is 10.7 Å². The third-order valence-electron chi connectivity index (χ3n) is 3.18. The Kier molecular flexibility index (Phi) is 5.61. The molecule has 0 fully saturated rings. The molecule has 20 heavy (non-hydrogen) atoms. The van der Waals surface area contributed by atoms with Gasteiger partial charge in [0.1, 0.15) is 12.2 Å². The minimum Gasteiger partial charge on any atom is -0.453 e. The highest BCUT2D eigenvalue weighted by molar-refractivity contribution is 6.29. The lowest BCUT2D eigenvalue weighted by molar-refractivity contribution is 0.481. The fraction of sp³-hybridized carbons (Fsp3) is 0.571. The van der Waals surface area contributed by atoms with E-state index < -0.39 is 0 Å². The predicted octanol–water partition coefficient (Wildman–Crippen LogP) is 3.22. The van der Waals surface area contributed by atoms with E-state index in [1.165, 1.54) is 0 Å². The Morgan fingerprint density at radius 2 is 2.25 bits per heavy atom. The Hall–Kier alpha value is -1.33. The molecule has 2 aromatic rings. The number of halogens is 1. The summed E-state index contributed by atoms with van der Waals surface area (Å²) in [6.07, 6.45) is 6.08. The Bertz CT molecular complexity index is 523. The molecule has 5 nitrogen and oxygen atoms in total. The van der Waals surface area contributed by atoms with Crippen LogP contribution in [0.3, 0.4) is 0 Å². The van der Waals surface area contributed by atoms with Crippen LogP contribution in [0.15, 0.2) is 23.1 Å². The summed E-state index contributed by atoms with van der Waals surface area (Å²) in [7, 11) is 0. The molecule has 110 valence electrons. The first kappa shape index (κ1) is 15.1. The molecular weight excluding hydrogens is 276 g/mol. The SMILES string of the molecule is CCCNC(Cc1ncnn1CCC)c1ccoc1Cl. The van der Waals surface area contributed by atoms with Gasteiger partial charge in [-0.3, -0.25) is 4.68 Å². The molecule has 0 saturated heterocycles. The van der Waals surface area contributed by atoms with Crippen molar-refractivity contribution in [1.29, 1.82) is 0 Å². The van der Waals surface area contributed by atoms with E-state index >= 15 is 0 Å². The Balaban J connectivity index is 2.15. The van der Waals surface area contributed by atoms with Crippen molar-refractivity contribution in [2.45, 2.75) is 45.7 Å². The summed E-state index contributed by atoms with van der Waals surface area (Å²) in [5.74, 6) is 0.970. The number of aryl methyl sites for hydroxylation is 1. The predicted molar refractivity (Wildman–Crippen MR) is 78.8 cm³/mol. The van der Waals surface area contributed by atoms with Gasteiger partial charge in [-0.15, -0.1) is 0 Å². The van der Waals surface area contributed by atoms with E-state index in [9.17, 15) is 0 Å². The number of aromatic nitrogens is 3. The maximum atomic E-state index is 6.11. The van der Waals surface area contributed by atoms with Crippen molar-refractivity contribution >= 4 is 11.6 Å². The molecule has 1 atom stereocenters. The normalized spacial score (nSPS) is 12.8. The second-order valence-corrected chi connectivity index (χ2v) is 5.10. The highest BCUT2D eigenvalue weighted by Crippen LogP contribution is 2.26. The van der Waals surface area contributed by atoms with Crippen molar-refractivity contribution < 1.29 is 4.42 Å². The Labute approximate surface area is 124 Å². The van der Waals surface area contributed by atoms with Gasteiger partial charge in [-0.25, -0.2) is 4.98 Å². The average molecular weight is 297 g/mol. The summed E-state index contributed by atoms with van der Waals surface area (Å²) in [6.45, 7) is 6.08. The number of rotatable bonds is 8. The summed E-state index contributed by atoms with van der Waals surface area (Å²) < 4.78 is 7.16. The average Bonchev–Trinajstić information content (AvgIpc) is 3.04. The smallest absolute Gasteiger partial charge is 0.197 e. The van der Waals surface area contributed by atoms with E-state index in [-0.39, 0.29) is 6.04 Å². The first-order valence-corrected chi connectivity index (χ1v) is 7.47. The van der Waals surface area contributed by atoms with Gasteiger partial charge in [0.15, 0.2) is 5.22 Å². The molecule has 2 heterocycles. The van der Waals surface area contributed by atoms with Crippen molar-refractivity contribution in [3.8, 4) is 0 Å². The number of nitrogens with zero attached hydrogens (tertiary/aromatic N) is 3. The second-order valence-electron chi connectivity index (χ2n) is 4.76.